The minimum atomic E-state index is -3.67. The van der Waals surface area contributed by atoms with Gasteiger partial charge in [-0.05, 0) is 6.92 Å². The van der Waals surface area contributed by atoms with Crippen LogP contribution >= 0.6 is 12.2 Å². The third-order valence-electron chi connectivity index (χ3n) is 1.62. The van der Waals surface area contributed by atoms with Gasteiger partial charge in [0.15, 0.2) is 0 Å². The van der Waals surface area contributed by atoms with E-state index in [2.05, 4.69) is 26.9 Å². The van der Waals surface area contributed by atoms with Crippen molar-refractivity contribution in [3.05, 3.63) is 11.8 Å². The molecule has 0 spiro atoms. The number of aryl methyl sites for hydroxylation is 1. The molecule has 3 N–H and O–H groups in total. The zero-order valence-corrected chi connectivity index (χ0v) is 10.9. The van der Waals surface area contributed by atoms with Crippen LogP contribution in [0, 0.1) is 6.92 Å². The lowest BCUT2D eigenvalue weighted by Gasteiger charge is -2.07. The van der Waals surface area contributed by atoms with Crippen LogP contribution in [0.15, 0.2) is 6.07 Å². The summed E-state index contributed by atoms with van der Waals surface area (Å²) in [6.45, 7) is 1.69. The molecule has 0 radical (unpaired) electrons. The molecule has 0 unspecified atom stereocenters. The number of hydrogen-bond acceptors (Lipinski definition) is 6. The first-order chi connectivity index (χ1) is 7.82. The standard InChI is InChI=1S/C8H12N4O3S2/c1-5-3-7(15-2)11-8(10-5)12-17(13,14)4-6(9)16/h3H,4H2,1-2H3,(H2,9,16)(H,10,11,12). The fourth-order valence-corrected chi connectivity index (χ4v) is 2.33. The van der Waals surface area contributed by atoms with Crippen molar-refractivity contribution in [3.8, 4) is 5.88 Å². The Kier molecular flexibility index (Phi) is 4.18. The molecule has 94 valence electrons. The molecule has 0 aliphatic rings. The Balaban J connectivity index is 2.95. The van der Waals surface area contributed by atoms with Crippen LogP contribution in [-0.4, -0.2) is 36.2 Å². The van der Waals surface area contributed by atoms with Gasteiger partial charge in [0.1, 0.15) is 5.75 Å². The first-order valence-electron chi connectivity index (χ1n) is 4.51. The Labute approximate surface area is 104 Å². The van der Waals surface area contributed by atoms with Crippen molar-refractivity contribution in [3.63, 3.8) is 0 Å². The van der Waals surface area contributed by atoms with Crippen molar-refractivity contribution in [1.29, 1.82) is 0 Å². The normalized spacial score (nSPS) is 10.9. The molecule has 1 rings (SSSR count). The Morgan fingerprint density at radius 3 is 2.76 bits per heavy atom. The molecule has 1 aromatic rings. The molecule has 0 saturated heterocycles. The Morgan fingerprint density at radius 2 is 2.24 bits per heavy atom. The van der Waals surface area contributed by atoms with Crippen LogP contribution < -0.4 is 15.2 Å². The van der Waals surface area contributed by atoms with Gasteiger partial charge in [-0.25, -0.2) is 13.4 Å². The van der Waals surface area contributed by atoms with E-state index < -0.39 is 15.8 Å². The van der Waals surface area contributed by atoms with E-state index in [-0.39, 0.29) is 16.8 Å². The van der Waals surface area contributed by atoms with E-state index >= 15 is 0 Å². The molecule has 0 amide bonds. The van der Waals surface area contributed by atoms with Crippen LogP contribution in [0.25, 0.3) is 0 Å². The Hall–Kier alpha value is -1.48. The van der Waals surface area contributed by atoms with Gasteiger partial charge in [-0.1, -0.05) is 12.2 Å². The lowest BCUT2D eigenvalue weighted by atomic mass is 10.4. The lowest BCUT2D eigenvalue weighted by Crippen LogP contribution is -2.27. The fourth-order valence-electron chi connectivity index (χ4n) is 1.05. The van der Waals surface area contributed by atoms with Crippen molar-refractivity contribution in [2.24, 2.45) is 5.73 Å². The number of sulfonamides is 1. The van der Waals surface area contributed by atoms with Gasteiger partial charge in [0, 0.05) is 11.8 Å². The monoisotopic (exact) mass is 276 g/mol. The number of anilines is 1. The molecule has 7 nitrogen and oxygen atoms in total. The van der Waals surface area contributed by atoms with Crippen molar-refractivity contribution in [2.75, 3.05) is 17.6 Å². The SMILES string of the molecule is COc1cc(C)nc(NS(=O)(=O)CC(N)=S)n1. The summed E-state index contributed by atoms with van der Waals surface area (Å²) < 4.78 is 30.1. The third kappa shape index (κ3) is 4.49. The number of nitrogens with one attached hydrogen (secondary N) is 1. The van der Waals surface area contributed by atoms with Crippen molar-refractivity contribution in [1.82, 2.24) is 9.97 Å². The second kappa shape index (κ2) is 5.23. The number of ether oxygens (including phenoxy) is 1. The molecule has 0 aromatic carbocycles. The predicted molar refractivity (Wildman–Crippen MR) is 67.5 cm³/mol. The summed E-state index contributed by atoms with van der Waals surface area (Å²) in [5.41, 5.74) is 5.74. The average molecular weight is 276 g/mol. The Morgan fingerprint density at radius 1 is 1.59 bits per heavy atom. The molecule has 0 saturated carbocycles. The number of nitrogens with zero attached hydrogens (tertiary/aromatic N) is 2. The number of nitrogens with two attached hydrogens (primary N) is 1. The molecule has 17 heavy (non-hydrogen) atoms. The molecule has 0 bridgehead atoms. The number of thiocarbonyl (C=S) groups is 1. The summed E-state index contributed by atoms with van der Waals surface area (Å²) in [5.74, 6) is -0.259. The molecular formula is C8H12N4O3S2. The van der Waals surface area contributed by atoms with Gasteiger partial charge >= 0.3 is 0 Å². The third-order valence-corrected chi connectivity index (χ3v) is 3.13. The summed E-state index contributed by atoms with van der Waals surface area (Å²) in [7, 11) is -2.25. The maximum atomic E-state index is 11.5. The number of hydrogen-bond donors (Lipinski definition) is 2. The molecule has 0 fully saturated rings. The van der Waals surface area contributed by atoms with E-state index in [9.17, 15) is 8.42 Å². The summed E-state index contributed by atoms with van der Waals surface area (Å²) >= 11 is 4.53. The van der Waals surface area contributed by atoms with Gasteiger partial charge in [-0.2, -0.15) is 4.98 Å². The second-order valence-corrected chi connectivity index (χ2v) is 5.45. The zero-order valence-electron chi connectivity index (χ0n) is 9.30. The van der Waals surface area contributed by atoms with Crippen LogP contribution in [0.3, 0.4) is 0 Å². The van der Waals surface area contributed by atoms with Crippen LogP contribution in [0.4, 0.5) is 5.95 Å². The highest BCUT2D eigenvalue weighted by molar-refractivity contribution is 7.95. The lowest BCUT2D eigenvalue weighted by molar-refractivity contribution is 0.397. The van der Waals surface area contributed by atoms with E-state index in [1.807, 2.05) is 0 Å². The smallest absolute Gasteiger partial charge is 0.241 e. The molecule has 1 aromatic heterocycles. The second-order valence-electron chi connectivity index (χ2n) is 3.20. The van der Waals surface area contributed by atoms with Gasteiger partial charge < -0.3 is 10.5 Å². The van der Waals surface area contributed by atoms with Gasteiger partial charge in [-0.15, -0.1) is 0 Å². The van der Waals surface area contributed by atoms with Crippen molar-refractivity contribution >= 4 is 33.2 Å². The van der Waals surface area contributed by atoms with Gasteiger partial charge in [0.05, 0.1) is 12.1 Å². The minimum absolute atomic E-state index is 0.0712. The van der Waals surface area contributed by atoms with Crippen molar-refractivity contribution < 1.29 is 13.2 Å². The molecule has 1 heterocycles. The maximum absolute atomic E-state index is 11.5. The van der Waals surface area contributed by atoms with Gasteiger partial charge in [0.2, 0.25) is 21.9 Å². The van der Waals surface area contributed by atoms with Gasteiger partial charge in [0.25, 0.3) is 0 Å². The fraction of sp³-hybridized carbons (Fsp3) is 0.375. The molecule has 0 atom stereocenters. The summed E-state index contributed by atoms with van der Waals surface area (Å²) in [6, 6.07) is 1.57. The highest BCUT2D eigenvalue weighted by atomic mass is 32.2. The quantitative estimate of drug-likeness (QED) is 0.718. The summed E-state index contributed by atoms with van der Waals surface area (Å²) in [5, 5.41) is 0. The van der Waals surface area contributed by atoms with Crippen molar-refractivity contribution in [2.45, 2.75) is 6.92 Å². The molecule has 0 aliphatic carbocycles. The number of methoxy groups -OCH3 is 1. The van der Waals surface area contributed by atoms with E-state index in [4.69, 9.17) is 10.5 Å². The van der Waals surface area contributed by atoms with Crippen LogP contribution in [0.5, 0.6) is 5.88 Å². The van der Waals surface area contributed by atoms with E-state index in [1.165, 1.54) is 7.11 Å². The predicted octanol–water partition coefficient (Wildman–Crippen LogP) is -0.179. The topological polar surface area (TPSA) is 107 Å². The van der Waals surface area contributed by atoms with Gasteiger partial charge in [-0.3, -0.25) is 4.72 Å². The number of rotatable bonds is 5. The molecule has 9 heteroatoms. The largest absolute Gasteiger partial charge is 0.481 e. The Bertz CT molecular complexity index is 530. The highest BCUT2D eigenvalue weighted by Gasteiger charge is 2.14. The average Bonchev–Trinajstić information content (AvgIpc) is 2.13. The highest BCUT2D eigenvalue weighted by Crippen LogP contribution is 2.12. The summed E-state index contributed by atoms with van der Waals surface area (Å²) in [4.78, 5) is 7.62. The maximum Gasteiger partial charge on any atom is 0.241 e. The number of aromatic nitrogens is 2. The summed E-state index contributed by atoms with van der Waals surface area (Å²) in [6.07, 6.45) is 0. The van der Waals surface area contributed by atoms with Crippen LogP contribution in [-0.2, 0) is 10.0 Å². The molecule has 0 aliphatic heterocycles. The van der Waals surface area contributed by atoms with Crippen LogP contribution in [0.2, 0.25) is 0 Å². The minimum Gasteiger partial charge on any atom is -0.481 e. The first kappa shape index (κ1) is 13.6. The van der Waals surface area contributed by atoms with E-state index in [0.29, 0.717) is 5.69 Å². The zero-order chi connectivity index (χ0) is 13.1. The van der Waals surface area contributed by atoms with Crippen LogP contribution in [0.1, 0.15) is 5.69 Å². The van der Waals surface area contributed by atoms with E-state index in [1.54, 1.807) is 13.0 Å². The van der Waals surface area contributed by atoms with E-state index in [0.717, 1.165) is 0 Å². The first-order valence-corrected chi connectivity index (χ1v) is 6.57. The molecular weight excluding hydrogens is 264 g/mol.